The van der Waals surface area contributed by atoms with Crippen molar-refractivity contribution >= 4 is 5.57 Å². The Kier molecular flexibility index (Phi) is 5.62. The van der Waals surface area contributed by atoms with Crippen molar-refractivity contribution in [3.8, 4) is 11.1 Å². The summed E-state index contributed by atoms with van der Waals surface area (Å²) < 4.78 is 0. The van der Waals surface area contributed by atoms with E-state index in [1.54, 1.807) is 6.20 Å². The number of benzene rings is 1. The minimum atomic E-state index is -1.36. The minimum absolute atomic E-state index is 0.130. The maximum atomic E-state index is 12.4. The predicted molar refractivity (Wildman–Crippen MR) is 146 cm³/mol. The molecule has 5 rings (SSSR count). The highest BCUT2D eigenvalue weighted by atomic mass is 16.3. The molecule has 3 aliphatic rings. The molecule has 5 nitrogen and oxygen atoms in total. The maximum absolute atomic E-state index is 12.4. The first kappa shape index (κ1) is 24.3. The summed E-state index contributed by atoms with van der Waals surface area (Å²) in [7, 11) is 3.83. The highest BCUT2D eigenvalue weighted by Crippen LogP contribution is 2.58. The van der Waals surface area contributed by atoms with E-state index in [2.05, 4.69) is 49.8 Å². The van der Waals surface area contributed by atoms with Gasteiger partial charge in [-0.15, -0.1) is 0 Å². The molecule has 4 N–H and O–H groups in total. The molecule has 3 aliphatic carbocycles. The van der Waals surface area contributed by atoms with Crippen LogP contribution in [0.5, 0.6) is 0 Å². The van der Waals surface area contributed by atoms with E-state index in [1.165, 1.54) is 11.1 Å². The molecule has 0 spiro atoms. The number of aromatic nitrogens is 1. The number of allylic oxidation sites excluding steroid dienone is 3. The number of fused-ring (bicyclic) bond motifs is 3. The number of aliphatic hydroxyl groups excluding tert-OH is 1. The molecule has 0 aliphatic heterocycles. The smallest absolute Gasteiger partial charge is 0.119 e. The van der Waals surface area contributed by atoms with E-state index in [-0.39, 0.29) is 23.3 Å². The second-order valence-corrected chi connectivity index (χ2v) is 10.7. The van der Waals surface area contributed by atoms with E-state index >= 15 is 0 Å². The third-order valence-corrected chi connectivity index (χ3v) is 8.59. The normalized spacial score (nSPS) is 27.7. The van der Waals surface area contributed by atoms with Gasteiger partial charge in [0, 0.05) is 35.1 Å². The number of hydrogen-bond donors (Lipinski definition) is 3. The van der Waals surface area contributed by atoms with Crippen LogP contribution in [-0.4, -0.2) is 45.8 Å². The third kappa shape index (κ3) is 3.19. The van der Waals surface area contributed by atoms with E-state index in [0.29, 0.717) is 17.6 Å². The first-order valence-corrected chi connectivity index (χ1v) is 12.4. The Hall–Kier alpha value is -3.41. The van der Waals surface area contributed by atoms with E-state index in [4.69, 9.17) is 5.73 Å². The molecule has 0 saturated heterocycles. The summed E-state index contributed by atoms with van der Waals surface area (Å²) in [6.07, 6.45) is 5.20. The Bertz CT molecular complexity index is 1380. The Morgan fingerprint density at radius 2 is 1.92 bits per heavy atom. The maximum Gasteiger partial charge on any atom is 0.119 e. The molecule has 1 heterocycles. The lowest BCUT2D eigenvalue weighted by Gasteiger charge is -2.54. The molecule has 0 fully saturated rings. The molecule has 0 unspecified atom stereocenters. The van der Waals surface area contributed by atoms with Crippen molar-refractivity contribution in [3.63, 3.8) is 0 Å². The van der Waals surface area contributed by atoms with Gasteiger partial charge in [0.15, 0.2) is 0 Å². The summed E-state index contributed by atoms with van der Waals surface area (Å²) in [4.78, 5) is 6.30. The Morgan fingerprint density at radius 3 is 2.53 bits per heavy atom. The van der Waals surface area contributed by atoms with Crippen molar-refractivity contribution in [2.24, 2.45) is 17.6 Å². The molecule has 1 aromatic heterocycles. The van der Waals surface area contributed by atoms with Crippen LogP contribution >= 0.6 is 0 Å². The first-order valence-electron chi connectivity index (χ1n) is 12.4. The fourth-order valence-corrected chi connectivity index (χ4v) is 7.07. The average molecular weight is 482 g/mol. The van der Waals surface area contributed by atoms with E-state index in [9.17, 15) is 10.2 Å². The van der Waals surface area contributed by atoms with Crippen molar-refractivity contribution in [1.29, 1.82) is 0 Å². The number of rotatable bonds is 3. The number of pyridine rings is 1. The summed E-state index contributed by atoms with van der Waals surface area (Å²) in [5.74, 6) is -0.0126. The number of nitrogens with two attached hydrogens (primary N) is 1. The van der Waals surface area contributed by atoms with Gasteiger partial charge in [-0.25, -0.2) is 0 Å². The summed E-state index contributed by atoms with van der Waals surface area (Å²) in [5.41, 5.74) is 14.5. The minimum Gasteiger partial charge on any atom is -0.510 e. The fourth-order valence-electron chi connectivity index (χ4n) is 7.07. The quantitative estimate of drug-likeness (QED) is 0.569. The van der Waals surface area contributed by atoms with Crippen molar-refractivity contribution < 1.29 is 10.2 Å². The zero-order valence-electron chi connectivity index (χ0n) is 21.6. The lowest BCUT2D eigenvalue weighted by atomic mass is 9.55. The topological polar surface area (TPSA) is 82.6 Å². The van der Waals surface area contributed by atoms with Crippen LogP contribution in [-0.2, 0) is 6.42 Å². The summed E-state index contributed by atoms with van der Waals surface area (Å²) in [6, 6.07) is 7.95. The van der Waals surface area contributed by atoms with Gasteiger partial charge in [-0.2, -0.15) is 0 Å². The zero-order valence-corrected chi connectivity index (χ0v) is 21.6. The third-order valence-electron chi connectivity index (χ3n) is 8.59. The largest absolute Gasteiger partial charge is 0.510 e. The molecule has 0 amide bonds. The van der Waals surface area contributed by atoms with Crippen molar-refractivity contribution in [2.75, 3.05) is 14.1 Å². The molecule has 186 valence electrons. The van der Waals surface area contributed by atoms with Crippen LogP contribution in [0, 0.1) is 18.8 Å². The average Bonchev–Trinajstić information content (AvgIpc) is 2.81. The Morgan fingerprint density at radius 1 is 1.19 bits per heavy atom. The predicted octanol–water partition coefficient (Wildman–Crippen LogP) is 5.09. The van der Waals surface area contributed by atoms with Crippen LogP contribution < -0.4 is 5.73 Å². The molecule has 4 atom stereocenters. The van der Waals surface area contributed by atoms with Gasteiger partial charge in [0.1, 0.15) is 11.4 Å². The molecule has 0 bridgehead atoms. The van der Waals surface area contributed by atoms with Gasteiger partial charge in [-0.05, 0) is 97.3 Å². The molecule has 1 aromatic carbocycles. The SMILES string of the molecule is C=C(N)C1=C(O)[C@@H](N(C)C)[C@@H]2C[C@@H]3Cc4c(-c5cccnc5)ccc(C)c4C(=C)C3=C(C)[C@]2(O)C1=C. The lowest BCUT2D eigenvalue weighted by molar-refractivity contribution is -0.0178. The van der Waals surface area contributed by atoms with Gasteiger partial charge in [-0.3, -0.25) is 9.88 Å². The highest BCUT2D eigenvalue weighted by Gasteiger charge is 2.57. The van der Waals surface area contributed by atoms with Gasteiger partial charge in [0.25, 0.3) is 0 Å². The van der Waals surface area contributed by atoms with E-state index < -0.39 is 11.6 Å². The van der Waals surface area contributed by atoms with Crippen molar-refractivity contribution in [3.05, 3.63) is 107 Å². The number of aliphatic hydroxyl groups is 2. The summed E-state index contributed by atoms with van der Waals surface area (Å²) in [5, 5.41) is 23.7. The molecular formula is C31H35N3O2. The monoisotopic (exact) mass is 481 g/mol. The number of likely N-dealkylation sites (N-methyl/N-ethyl adjacent to an activating group) is 1. The Labute approximate surface area is 213 Å². The van der Waals surface area contributed by atoms with E-state index in [1.807, 2.05) is 38.2 Å². The fraction of sp³-hybridized carbons (Fsp3) is 0.323. The van der Waals surface area contributed by atoms with Crippen LogP contribution in [0.1, 0.15) is 30.0 Å². The molecule has 0 saturated carbocycles. The van der Waals surface area contributed by atoms with Crippen LogP contribution in [0.25, 0.3) is 16.7 Å². The summed E-state index contributed by atoms with van der Waals surface area (Å²) in [6.45, 7) is 16.8. The van der Waals surface area contributed by atoms with Crippen LogP contribution in [0.2, 0.25) is 0 Å². The summed E-state index contributed by atoms with van der Waals surface area (Å²) >= 11 is 0. The van der Waals surface area contributed by atoms with Crippen molar-refractivity contribution in [1.82, 2.24) is 9.88 Å². The number of nitrogens with zero attached hydrogens (tertiary/aromatic N) is 2. The number of aryl methyl sites for hydroxylation is 1. The zero-order chi connectivity index (χ0) is 26.1. The Balaban J connectivity index is 1.73. The second-order valence-electron chi connectivity index (χ2n) is 10.7. The molecule has 36 heavy (non-hydrogen) atoms. The van der Waals surface area contributed by atoms with Gasteiger partial charge in [0.2, 0.25) is 0 Å². The molecule has 5 heteroatoms. The van der Waals surface area contributed by atoms with Crippen LogP contribution in [0.3, 0.4) is 0 Å². The molecule has 2 aromatic rings. The highest BCUT2D eigenvalue weighted by molar-refractivity contribution is 5.89. The van der Waals surface area contributed by atoms with Crippen molar-refractivity contribution in [2.45, 2.75) is 38.3 Å². The number of hydrogen-bond acceptors (Lipinski definition) is 5. The van der Waals surface area contributed by atoms with Crippen LogP contribution in [0.15, 0.2) is 90.1 Å². The van der Waals surface area contributed by atoms with Gasteiger partial charge >= 0.3 is 0 Å². The standard InChI is InChI=1S/C31H35N3O2/c1-16-10-11-23(21-9-8-12-33-15-21)24-13-22-14-25-29(34(6)7)30(35)28(20(5)32)19(4)31(25,36)18(3)27(22)17(2)26(16)24/h8-12,15,22,25,29,35-36H,2,4-5,13-14,32H2,1,3,6-7H3/t22-,25-,29-,31-/m0/s1. The second kappa shape index (κ2) is 8.32. The van der Waals surface area contributed by atoms with E-state index in [0.717, 1.165) is 39.8 Å². The molecular weight excluding hydrogens is 446 g/mol. The molecule has 0 radical (unpaired) electrons. The van der Waals surface area contributed by atoms with Gasteiger partial charge in [0.05, 0.1) is 6.04 Å². The van der Waals surface area contributed by atoms with Gasteiger partial charge < -0.3 is 15.9 Å². The first-order chi connectivity index (χ1) is 17.0. The lowest BCUT2D eigenvalue weighted by Crippen LogP contribution is -2.58. The van der Waals surface area contributed by atoms with Gasteiger partial charge in [-0.1, -0.05) is 37.9 Å². The van der Waals surface area contributed by atoms with Crippen LogP contribution in [0.4, 0.5) is 0 Å².